The first-order valence-electron chi connectivity index (χ1n) is 8.17. The number of piperidine rings is 1. The fraction of sp³-hybridized carbons (Fsp3) is 0.412. The smallest absolute Gasteiger partial charge is 0.352 e. The van der Waals surface area contributed by atoms with Crippen LogP contribution in [0.2, 0.25) is 0 Å². The zero-order valence-corrected chi connectivity index (χ0v) is 13.3. The highest BCUT2D eigenvalue weighted by molar-refractivity contribution is 5.47. The Balaban J connectivity index is 1.58. The van der Waals surface area contributed by atoms with Crippen molar-refractivity contribution in [1.82, 2.24) is 9.55 Å². The molecule has 1 aromatic heterocycles. The molecule has 0 spiro atoms. The van der Waals surface area contributed by atoms with Gasteiger partial charge in [-0.25, -0.2) is 18.0 Å². The molecule has 0 amide bonds. The molecule has 25 heavy (non-hydrogen) atoms. The Hall–Kier alpha value is -2.51. The Morgan fingerprint density at radius 3 is 2.76 bits per heavy atom. The van der Waals surface area contributed by atoms with Gasteiger partial charge >= 0.3 is 5.69 Å². The molecule has 0 N–H and O–H groups in total. The first kappa shape index (κ1) is 16.0. The van der Waals surface area contributed by atoms with E-state index in [4.69, 9.17) is 4.74 Å². The first-order chi connectivity index (χ1) is 12.0. The van der Waals surface area contributed by atoms with Crippen molar-refractivity contribution in [2.24, 2.45) is 0 Å². The molecule has 0 saturated carbocycles. The van der Waals surface area contributed by atoms with Crippen LogP contribution in [0.3, 0.4) is 0 Å². The van der Waals surface area contributed by atoms with Crippen LogP contribution in [0.25, 0.3) is 0 Å². The summed E-state index contributed by atoms with van der Waals surface area (Å²) in [5.41, 5.74) is -0.565. The van der Waals surface area contributed by atoms with Gasteiger partial charge < -0.3 is 9.64 Å². The summed E-state index contributed by atoms with van der Waals surface area (Å²) in [5, 5.41) is 0. The molecule has 132 valence electrons. The van der Waals surface area contributed by atoms with Crippen molar-refractivity contribution in [2.75, 3.05) is 11.4 Å². The fourth-order valence-corrected chi connectivity index (χ4v) is 3.49. The van der Waals surface area contributed by atoms with E-state index in [0.717, 1.165) is 37.7 Å². The van der Waals surface area contributed by atoms with Crippen LogP contribution in [0.4, 0.5) is 19.0 Å². The van der Waals surface area contributed by atoms with Gasteiger partial charge in [-0.15, -0.1) is 0 Å². The highest BCUT2D eigenvalue weighted by Crippen LogP contribution is 2.32. The monoisotopic (exact) mass is 351 g/mol. The average Bonchev–Trinajstić information content (AvgIpc) is 2.96. The molecule has 2 aliphatic heterocycles. The van der Waals surface area contributed by atoms with E-state index in [9.17, 15) is 18.0 Å². The normalized spacial score (nSPS) is 18.8. The zero-order valence-electron chi connectivity index (χ0n) is 13.3. The van der Waals surface area contributed by atoms with E-state index in [-0.39, 0.29) is 18.1 Å². The minimum absolute atomic E-state index is 0.0478. The van der Waals surface area contributed by atoms with Gasteiger partial charge in [-0.3, -0.25) is 4.57 Å². The van der Waals surface area contributed by atoms with Gasteiger partial charge in [0.15, 0.2) is 11.6 Å². The van der Waals surface area contributed by atoms with E-state index in [1.165, 1.54) is 0 Å². The van der Waals surface area contributed by atoms with E-state index in [2.05, 4.69) is 9.88 Å². The number of aromatic nitrogens is 2. The lowest BCUT2D eigenvalue weighted by atomic mass is 10.0. The Kier molecular flexibility index (Phi) is 3.89. The van der Waals surface area contributed by atoms with Crippen LogP contribution in [0.5, 0.6) is 5.88 Å². The van der Waals surface area contributed by atoms with E-state index < -0.39 is 23.1 Å². The second-order valence-electron chi connectivity index (χ2n) is 6.34. The topological polar surface area (TPSA) is 47.4 Å². The van der Waals surface area contributed by atoms with Gasteiger partial charge in [-0.1, -0.05) is 0 Å². The van der Waals surface area contributed by atoms with Gasteiger partial charge in [0, 0.05) is 36.8 Å². The third-order valence-electron chi connectivity index (χ3n) is 4.75. The predicted octanol–water partition coefficient (Wildman–Crippen LogP) is 2.61. The summed E-state index contributed by atoms with van der Waals surface area (Å²) < 4.78 is 46.9. The molecule has 2 aromatic rings. The molecular weight excluding hydrogens is 335 g/mol. The number of anilines is 1. The quantitative estimate of drug-likeness (QED) is 0.798. The predicted molar refractivity (Wildman–Crippen MR) is 84.1 cm³/mol. The molecule has 4 rings (SSSR count). The molecule has 0 radical (unpaired) electrons. The van der Waals surface area contributed by atoms with Gasteiger partial charge in [0.25, 0.3) is 0 Å². The minimum atomic E-state index is -1.26. The third-order valence-corrected chi connectivity index (χ3v) is 4.75. The van der Waals surface area contributed by atoms with E-state index >= 15 is 0 Å². The maximum absolute atomic E-state index is 13.7. The standard InChI is InChI=1S/C17H16F3N3O2/c18-12-6-14(20)13(19)5-10(12)9-25-15-7-16-22-4-2-1-3-11(22)8-23(16)17(24)21-15/h5-7,11H,1-4,8-9H2/t11-/m0/s1. The lowest BCUT2D eigenvalue weighted by Crippen LogP contribution is -2.36. The molecule has 1 fully saturated rings. The van der Waals surface area contributed by atoms with E-state index in [1.807, 2.05) is 0 Å². The van der Waals surface area contributed by atoms with Crippen LogP contribution in [-0.2, 0) is 13.2 Å². The van der Waals surface area contributed by atoms with Crippen molar-refractivity contribution < 1.29 is 17.9 Å². The SMILES string of the molecule is O=c1nc(OCc2cc(F)c(F)cc2F)cc2n1C[C@@H]1CCCCN21. The molecule has 0 bridgehead atoms. The molecule has 3 heterocycles. The highest BCUT2D eigenvalue weighted by Gasteiger charge is 2.32. The van der Waals surface area contributed by atoms with Gasteiger partial charge in [0.2, 0.25) is 5.88 Å². The van der Waals surface area contributed by atoms with Crippen LogP contribution in [-0.4, -0.2) is 22.1 Å². The maximum atomic E-state index is 13.7. The number of ether oxygens (including phenoxy) is 1. The van der Waals surface area contributed by atoms with Crippen LogP contribution in [0.15, 0.2) is 23.0 Å². The van der Waals surface area contributed by atoms with Crippen molar-refractivity contribution >= 4 is 5.82 Å². The molecule has 1 atom stereocenters. The molecule has 1 aromatic carbocycles. The Morgan fingerprint density at radius 1 is 1.12 bits per heavy atom. The Bertz CT molecular complexity index is 884. The summed E-state index contributed by atoms with van der Waals surface area (Å²) in [6.45, 7) is 1.13. The van der Waals surface area contributed by atoms with Gasteiger partial charge in [0.1, 0.15) is 18.2 Å². The van der Waals surface area contributed by atoms with Crippen molar-refractivity contribution in [3.05, 3.63) is 51.7 Å². The highest BCUT2D eigenvalue weighted by atomic mass is 19.2. The fourth-order valence-electron chi connectivity index (χ4n) is 3.49. The minimum Gasteiger partial charge on any atom is -0.472 e. The Labute approximate surface area is 141 Å². The van der Waals surface area contributed by atoms with E-state index in [0.29, 0.717) is 18.7 Å². The maximum Gasteiger partial charge on any atom is 0.352 e. The third kappa shape index (κ3) is 2.85. The second kappa shape index (κ2) is 6.09. The number of nitrogens with zero attached hydrogens (tertiary/aromatic N) is 3. The molecule has 8 heteroatoms. The second-order valence-corrected chi connectivity index (χ2v) is 6.34. The number of benzene rings is 1. The lowest BCUT2D eigenvalue weighted by molar-refractivity contribution is 0.284. The van der Waals surface area contributed by atoms with Crippen molar-refractivity contribution in [1.29, 1.82) is 0 Å². The van der Waals surface area contributed by atoms with Crippen molar-refractivity contribution in [3.8, 4) is 5.88 Å². The van der Waals surface area contributed by atoms with Crippen LogP contribution >= 0.6 is 0 Å². The summed E-state index contributed by atoms with van der Waals surface area (Å²) in [4.78, 5) is 18.2. The van der Waals surface area contributed by atoms with Gasteiger partial charge in [-0.05, 0) is 25.3 Å². The largest absolute Gasteiger partial charge is 0.472 e. The first-order valence-corrected chi connectivity index (χ1v) is 8.17. The molecular formula is C17H16F3N3O2. The van der Waals surface area contributed by atoms with Crippen LogP contribution in [0, 0.1) is 17.5 Å². The summed E-state index contributed by atoms with van der Waals surface area (Å²) in [5.74, 6) is -2.53. The zero-order chi connectivity index (χ0) is 17.6. The number of rotatable bonds is 3. The summed E-state index contributed by atoms with van der Waals surface area (Å²) in [7, 11) is 0. The number of halogens is 3. The van der Waals surface area contributed by atoms with Crippen LogP contribution < -0.4 is 15.3 Å². The summed E-state index contributed by atoms with van der Waals surface area (Å²) >= 11 is 0. The van der Waals surface area contributed by atoms with E-state index in [1.54, 1.807) is 10.6 Å². The Morgan fingerprint density at radius 2 is 1.92 bits per heavy atom. The van der Waals surface area contributed by atoms with Crippen molar-refractivity contribution in [2.45, 2.75) is 38.5 Å². The van der Waals surface area contributed by atoms with Crippen LogP contribution in [0.1, 0.15) is 24.8 Å². The van der Waals surface area contributed by atoms with Crippen molar-refractivity contribution in [3.63, 3.8) is 0 Å². The summed E-state index contributed by atoms with van der Waals surface area (Å²) in [6, 6.07) is 3.15. The number of hydrogen-bond acceptors (Lipinski definition) is 4. The molecule has 0 aliphatic carbocycles. The average molecular weight is 351 g/mol. The molecule has 5 nitrogen and oxygen atoms in total. The number of fused-ring (bicyclic) bond motifs is 3. The van der Waals surface area contributed by atoms with Gasteiger partial charge in [0.05, 0.1) is 0 Å². The lowest BCUT2D eigenvalue weighted by Gasteiger charge is -2.30. The molecule has 1 saturated heterocycles. The molecule has 2 aliphatic rings. The molecule has 0 unspecified atom stereocenters. The summed E-state index contributed by atoms with van der Waals surface area (Å²) in [6.07, 6.45) is 3.22. The number of hydrogen-bond donors (Lipinski definition) is 0. The van der Waals surface area contributed by atoms with Gasteiger partial charge in [-0.2, -0.15) is 4.98 Å².